The van der Waals surface area contributed by atoms with Crippen LogP contribution >= 0.6 is 11.6 Å². The topological polar surface area (TPSA) is 34.1 Å². The summed E-state index contributed by atoms with van der Waals surface area (Å²) in [5.74, 6) is 0.263. The zero-order chi connectivity index (χ0) is 17.1. The molecular formula is C19H27ClO2. The molecule has 0 fully saturated rings. The number of Topliss-reactive ketones (excluding diaryl/α,β-unsaturated/α-hetero) is 2. The fourth-order valence-electron chi connectivity index (χ4n) is 2.10. The van der Waals surface area contributed by atoms with Crippen molar-refractivity contribution in [3.63, 3.8) is 0 Å². The SMILES string of the molecule is CC(C)(C)C(=O)CC(CC(=O)C(C)(C)C)c1ccc(Cl)cc1. The average molecular weight is 323 g/mol. The molecule has 0 aromatic heterocycles. The van der Waals surface area contributed by atoms with Crippen molar-refractivity contribution in [3.05, 3.63) is 34.9 Å². The summed E-state index contributed by atoms with van der Waals surface area (Å²) in [7, 11) is 0. The molecule has 0 saturated carbocycles. The van der Waals surface area contributed by atoms with Crippen molar-refractivity contribution in [1.29, 1.82) is 0 Å². The van der Waals surface area contributed by atoms with Gasteiger partial charge in [0.05, 0.1) is 0 Å². The molecule has 0 spiro atoms. The highest BCUT2D eigenvalue weighted by atomic mass is 35.5. The van der Waals surface area contributed by atoms with Crippen molar-refractivity contribution < 1.29 is 9.59 Å². The highest BCUT2D eigenvalue weighted by Gasteiger charge is 2.30. The first kappa shape index (κ1) is 18.9. The van der Waals surface area contributed by atoms with E-state index in [1.54, 1.807) is 0 Å². The first-order valence-corrected chi connectivity index (χ1v) is 8.11. The Labute approximate surface area is 139 Å². The van der Waals surface area contributed by atoms with Gasteiger partial charge in [0.15, 0.2) is 0 Å². The Balaban J connectivity index is 3.02. The van der Waals surface area contributed by atoms with Gasteiger partial charge in [0.25, 0.3) is 0 Å². The number of carbonyl (C=O) groups is 2. The molecule has 1 aromatic carbocycles. The third-order valence-corrected chi connectivity index (χ3v) is 4.13. The Kier molecular flexibility index (Phi) is 5.97. The smallest absolute Gasteiger partial charge is 0.138 e. The Morgan fingerprint density at radius 1 is 0.864 bits per heavy atom. The molecule has 2 nitrogen and oxygen atoms in total. The van der Waals surface area contributed by atoms with E-state index in [0.29, 0.717) is 17.9 Å². The fraction of sp³-hybridized carbons (Fsp3) is 0.579. The second-order valence-corrected chi connectivity index (χ2v) is 8.44. The van der Waals surface area contributed by atoms with E-state index in [9.17, 15) is 9.59 Å². The van der Waals surface area contributed by atoms with Gasteiger partial charge in [-0.2, -0.15) is 0 Å². The molecule has 0 heterocycles. The van der Waals surface area contributed by atoms with Gasteiger partial charge in [0, 0.05) is 28.7 Å². The van der Waals surface area contributed by atoms with Gasteiger partial charge in [-0.05, 0) is 23.6 Å². The van der Waals surface area contributed by atoms with Crippen LogP contribution in [0.2, 0.25) is 5.02 Å². The predicted molar refractivity (Wildman–Crippen MR) is 92.4 cm³/mol. The summed E-state index contributed by atoms with van der Waals surface area (Å²) < 4.78 is 0. The van der Waals surface area contributed by atoms with Crippen molar-refractivity contribution in [2.24, 2.45) is 10.8 Å². The van der Waals surface area contributed by atoms with Gasteiger partial charge >= 0.3 is 0 Å². The lowest BCUT2D eigenvalue weighted by Gasteiger charge is -2.25. The maximum Gasteiger partial charge on any atom is 0.138 e. The molecule has 3 heteroatoms. The second-order valence-electron chi connectivity index (χ2n) is 8.00. The van der Waals surface area contributed by atoms with Gasteiger partial charge in [-0.3, -0.25) is 9.59 Å². The summed E-state index contributed by atoms with van der Waals surface area (Å²) in [6, 6.07) is 7.46. The van der Waals surface area contributed by atoms with Crippen molar-refractivity contribution in [2.45, 2.75) is 60.3 Å². The van der Waals surface area contributed by atoms with Crippen LogP contribution in [0.4, 0.5) is 0 Å². The Morgan fingerprint density at radius 2 is 1.23 bits per heavy atom. The summed E-state index contributed by atoms with van der Waals surface area (Å²) in [4.78, 5) is 24.8. The summed E-state index contributed by atoms with van der Waals surface area (Å²) in [6.07, 6.45) is 0.764. The number of carbonyl (C=O) groups excluding carboxylic acids is 2. The molecule has 22 heavy (non-hydrogen) atoms. The quantitative estimate of drug-likeness (QED) is 0.724. The molecule has 0 amide bonds. The largest absolute Gasteiger partial charge is 0.299 e. The molecule has 0 bridgehead atoms. The number of benzene rings is 1. The highest BCUT2D eigenvalue weighted by Crippen LogP contribution is 2.32. The van der Waals surface area contributed by atoms with Crippen LogP contribution in [0, 0.1) is 10.8 Å². The summed E-state index contributed by atoms with van der Waals surface area (Å²) in [6.45, 7) is 11.5. The minimum absolute atomic E-state index is 0.0873. The average Bonchev–Trinajstić information content (AvgIpc) is 2.36. The van der Waals surface area contributed by atoms with Gasteiger partial charge in [0.2, 0.25) is 0 Å². The highest BCUT2D eigenvalue weighted by molar-refractivity contribution is 6.30. The standard InChI is InChI=1S/C19H27ClO2/c1-18(2,3)16(21)11-14(12-17(22)19(4,5)6)13-7-9-15(20)10-8-13/h7-10,14H,11-12H2,1-6H3. The maximum absolute atomic E-state index is 12.4. The molecule has 1 aromatic rings. The van der Waals surface area contributed by atoms with E-state index in [1.807, 2.05) is 65.8 Å². The van der Waals surface area contributed by atoms with Gasteiger partial charge < -0.3 is 0 Å². The van der Waals surface area contributed by atoms with Gasteiger partial charge in [-0.15, -0.1) is 0 Å². The van der Waals surface area contributed by atoms with Crippen molar-refractivity contribution in [2.75, 3.05) is 0 Å². The van der Waals surface area contributed by atoms with E-state index in [1.165, 1.54) is 0 Å². The lowest BCUT2D eigenvalue weighted by Crippen LogP contribution is -2.26. The summed E-state index contributed by atoms with van der Waals surface area (Å²) >= 11 is 5.94. The number of hydrogen-bond acceptors (Lipinski definition) is 2. The number of hydrogen-bond donors (Lipinski definition) is 0. The van der Waals surface area contributed by atoms with Crippen LogP contribution in [0.25, 0.3) is 0 Å². The van der Waals surface area contributed by atoms with E-state index >= 15 is 0 Å². The Bertz CT molecular complexity index is 502. The Morgan fingerprint density at radius 3 is 1.55 bits per heavy atom. The van der Waals surface area contributed by atoms with Crippen LogP contribution in [0.15, 0.2) is 24.3 Å². The van der Waals surface area contributed by atoms with E-state index in [-0.39, 0.29) is 17.5 Å². The van der Waals surface area contributed by atoms with Crippen LogP contribution in [-0.2, 0) is 9.59 Å². The molecule has 0 saturated heterocycles. The van der Waals surface area contributed by atoms with Crippen LogP contribution in [0.3, 0.4) is 0 Å². The zero-order valence-electron chi connectivity index (χ0n) is 14.5. The van der Waals surface area contributed by atoms with Gasteiger partial charge in [-0.1, -0.05) is 65.3 Å². The maximum atomic E-state index is 12.4. The number of halogens is 1. The Hall–Kier alpha value is -1.15. The molecule has 0 aliphatic carbocycles. The molecular weight excluding hydrogens is 296 g/mol. The third kappa shape index (κ3) is 5.57. The third-order valence-electron chi connectivity index (χ3n) is 3.88. The summed E-state index contributed by atoms with van der Waals surface area (Å²) in [5, 5.41) is 0.659. The lowest BCUT2D eigenvalue weighted by molar-refractivity contribution is -0.128. The van der Waals surface area contributed by atoms with Crippen molar-refractivity contribution in [3.8, 4) is 0 Å². The molecule has 0 unspecified atom stereocenters. The van der Waals surface area contributed by atoms with E-state index in [2.05, 4.69) is 0 Å². The summed E-state index contributed by atoms with van der Waals surface area (Å²) in [5.41, 5.74) is 0.213. The van der Waals surface area contributed by atoms with Crippen LogP contribution in [0.5, 0.6) is 0 Å². The predicted octanol–water partition coefficient (Wildman–Crippen LogP) is 5.43. The van der Waals surface area contributed by atoms with Crippen LogP contribution in [-0.4, -0.2) is 11.6 Å². The lowest BCUT2D eigenvalue weighted by atomic mass is 9.78. The van der Waals surface area contributed by atoms with E-state index in [0.717, 1.165) is 5.56 Å². The van der Waals surface area contributed by atoms with Crippen molar-refractivity contribution >= 4 is 23.2 Å². The van der Waals surface area contributed by atoms with Crippen LogP contribution in [0.1, 0.15) is 65.9 Å². The van der Waals surface area contributed by atoms with E-state index in [4.69, 9.17) is 11.6 Å². The first-order chi connectivity index (χ1) is 9.91. The minimum Gasteiger partial charge on any atom is -0.299 e. The molecule has 0 N–H and O–H groups in total. The first-order valence-electron chi connectivity index (χ1n) is 7.73. The van der Waals surface area contributed by atoms with Crippen LogP contribution < -0.4 is 0 Å². The van der Waals surface area contributed by atoms with Gasteiger partial charge in [0.1, 0.15) is 11.6 Å². The molecule has 0 atom stereocenters. The monoisotopic (exact) mass is 322 g/mol. The normalized spacial score (nSPS) is 12.5. The molecule has 0 radical (unpaired) electrons. The van der Waals surface area contributed by atoms with Gasteiger partial charge in [-0.25, -0.2) is 0 Å². The second kappa shape index (κ2) is 6.95. The molecule has 0 aliphatic rings. The zero-order valence-corrected chi connectivity index (χ0v) is 15.3. The minimum atomic E-state index is -0.393. The van der Waals surface area contributed by atoms with E-state index < -0.39 is 10.8 Å². The fourth-order valence-corrected chi connectivity index (χ4v) is 2.23. The molecule has 0 aliphatic heterocycles. The number of ketones is 2. The molecule has 1 rings (SSSR count). The van der Waals surface area contributed by atoms with Crippen molar-refractivity contribution in [1.82, 2.24) is 0 Å². The molecule has 122 valence electrons. The number of rotatable bonds is 5.